The highest BCUT2D eigenvalue weighted by molar-refractivity contribution is 6.35. The van der Waals surface area contributed by atoms with E-state index in [-0.39, 0.29) is 11.7 Å². The van der Waals surface area contributed by atoms with Gasteiger partial charge in [-0.15, -0.1) is 0 Å². The third-order valence-electron chi connectivity index (χ3n) is 5.86. The summed E-state index contributed by atoms with van der Waals surface area (Å²) < 4.78 is 0. The molecule has 2 aliphatic heterocycles. The molecule has 0 spiro atoms. The molecule has 29 heavy (non-hydrogen) atoms. The van der Waals surface area contributed by atoms with Gasteiger partial charge in [-0.05, 0) is 56.3 Å². The summed E-state index contributed by atoms with van der Waals surface area (Å²) in [4.78, 5) is 30.9. The number of carbonyl (C=O) groups excluding carboxylic acids is 2. The van der Waals surface area contributed by atoms with Crippen molar-refractivity contribution in [1.29, 1.82) is 0 Å². The zero-order valence-corrected chi connectivity index (χ0v) is 16.2. The Bertz CT molecular complexity index is 1140. The summed E-state index contributed by atoms with van der Waals surface area (Å²) in [7, 11) is 0. The topological polar surface area (TPSA) is 65.2 Å². The molecule has 1 fully saturated rings. The predicted molar refractivity (Wildman–Crippen MR) is 116 cm³/mol. The minimum Gasteiger partial charge on any atom is -0.361 e. The van der Waals surface area contributed by atoms with Crippen LogP contribution in [0.2, 0.25) is 0 Å². The number of nitrogens with zero attached hydrogens (tertiary/aromatic N) is 1. The molecule has 5 rings (SSSR count). The van der Waals surface area contributed by atoms with Crippen LogP contribution >= 0.6 is 0 Å². The number of fused-ring (bicyclic) bond motifs is 2. The Hall–Kier alpha value is -3.18. The minimum absolute atomic E-state index is 0.112. The van der Waals surface area contributed by atoms with Gasteiger partial charge >= 0.3 is 0 Å². The number of carbonyl (C=O) groups is 2. The lowest BCUT2D eigenvalue weighted by Gasteiger charge is -2.25. The molecule has 0 unspecified atom stereocenters. The van der Waals surface area contributed by atoms with E-state index in [2.05, 4.69) is 15.2 Å². The van der Waals surface area contributed by atoms with Gasteiger partial charge < -0.3 is 10.3 Å². The lowest BCUT2D eigenvalue weighted by molar-refractivity contribution is -0.110. The number of rotatable bonds is 4. The van der Waals surface area contributed by atoms with E-state index in [1.165, 1.54) is 6.42 Å². The average molecular weight is 385 g/mol. The van der Waals surface area contributed by atoms with E-state index in [4.69, 9.17) is 0 Å². The van der Waals surface area contributed by atoms with Gasteiger partial charge in [0.1, 0.15) is 0 Å². The highest BCUT2D eigenvalue weighted by atomic mass is 16.2. The largest absolute Gasteiger partial charge is 0.361 e. The number of likely N-dealkylation sites (tertiary alicyclic amines) is 1. The molecule has 0 saturated carbocycles. The molecule has 3 aromatic rings. The summed E-state index contributed by atoms with van der Waals surface area (Å²) in [5, 5.41) is 3.98. The molecule has 0 atom stereocenters. The predicted octanol–water partition coefficient (Wildman–Crippen LogP) is 4.33. The van der Waals surface area contributed by atoms with Gasteiger partial charge in [-0.3, -0.25) is 14.5 Å². The first-order chi connectivity index (χ1) is 14.2. The molecular weight excluding hydrogens is 362 g/mol. The van der Waals surface area contributed by atoms with E-state index in [1.54, 1.807) is 0 Å². The molecule has 2 N–H and O–H groups in total. The Morgan fingerprint density at radius 2 is 1.90 bits per heavy atom. The number of amides is 1. The van der Waals surface area contributed by atoms with Crippen LogP contribution in [0, 0.1) is 0 Å². The molecule has 146 valence electrons. The molecular formula is C24H23N3O2. The Balaban J connectivity index is 1.47. The number of piperidine rings is 1. The first-order valence-electron chi connectivity index (χ1n) is 10.2. The lowest BCUT2D eigenvalue weighted by Crippen LogP contribution is -2.34. The van der Waals surface area contributed by atoms with Crippen molar-refractivity contribution in [3.8, 4) is 0 Å². The highest BCUT2D eigenvalue weighted by Gasteiger charge is 2.26. The smallest absolute Gasteiger partial charge is 0.256 e. The van der Waals surface area contributed by atoms with Crippen LogP contribution in [0.1, 0.15) is 40.7 Å². The number of Topliss-reactive ketones (excluding diaryl/α,β-unsaturated/α-hetero) is 1. The number of hydrogen-bond donors (Lipinski definition) is 2. The van der Waals surface area contributed by atoms with Gasteiger partial charge in [0.2, 0.25) is 0 Å². The Kier molecular flexibility index (Phi) is 4.52. The van der Waals surface area contributed by atoms with Crippen molar-refractivity contribution in [1.82, 2.24) is 9.88 Å². The molecule has 3 heterocycles. The van der Waals surface area contributed by atoms with Crippen molar-refractivity contribution in [3.05, 3.63) is 65.4 Å². The number of H-pyrrole nitrogens is 1. The number of aromatic amines is 1. The number of anilines is 1. The van der Waals surface area contributed by atoms with E-state index in [0.29, 0.717) is 17.7 Å². The summed E-state index contributed by atoms with van der Waals surface area (Å²) in [5.41, 5.74) is 4.81. The standard InChI is InChI=1S/C24H23N3O2/c28-23(15-27-10-4-1-5-11-27)16-8-9-22-19(12-16)20(24(29)26-22)13-17-14-25-21-7-3-2-6-18(17)21/h2-3,6-9,12-14,25H,1,4-5,10-11,15H2,(H,26,29). The van der Waals surface area contributed by atoms with Crippen molar-refractivity contribution in [3.63, 3.8) is 0 Å². The maximum absolute atomic E-state index is 12.8. The van der Waals surface area contributed by atoms with E-state index in [1.807, 2.05) is 54.7 Å². The summed E-state index contributed by atoms with van der Waals surface area (Å²) in [6, 6.07) is 13.5. The van der Waals surface area contributed by atoms with Crippen LogP contribution in [0.3, 0.4) is 0 Å². The maximum atomic E-state index is 12.8. The van der Waals surface area contributed by atoms with Crippen molar-refractivity contribution in [2.75, 3.05) is 25.0 Å². The second-order valence-electron chi connectivity index (χ2n) is 7.82. The summed E-state index contributed by atoms with van der Waals surface area (Å²) in [6.45, 7) is 2.42. The summed E-state index contributed by atoms with van der Waals surface area (Å²) >= 11 is 0. The third kappa shape index (κ3) is 3.38. The van der Waals surface area contributed by atoms with Gasteiger partial charge in [0.25, 0.3) is 5.91 Å². The minimum atomic E-state index is -0.133. The molecule has 0 aliphatic carbocycles. The van der Waals surface area contributed by atoms with Crippen LogP contribution in [-0.2, 0) is 4.79 Å². The second-order valence-corrected chi connectivity index (χ2v) is 7.82. The molecule has 5 nitrogen and oxygen atoms in total. The molecule has 0 radical (unpaired) electrons. The number of aromatic nitrogens is 1. The Labute approximate surface area is 169 Å². The van der Waals surface area contributed by atoms with Gasteiger partial charge in [0.15, 0.2) is 5.78 Å². The monoisotopic (exact) mass is 385 g/mol. The van der Waals surface area contributed by atoms with Gasteiger partial charge in [-0.1, -0.05) is 24.6 Å². The van der Waals surface area contributed by atoms with E-state index in [9.17, 15) is 9.59 Å². The fourth-order valence-electron chi connectivity index (χ4n) is 4.29. The molecule has 1 aromatic heterocycles. The fourth-order valence-corrected chi connectivity index (χ4v) is 4.29. The Morgan fingerprint density at radius 3 is 2.76 bits per heavy atom. The van der Waals surface area contributed by atoms with Crippen molar-refractivity contribution >= 4 is 39.9 Å². The summed E-state index contributed by atoms with van der Waals surface area (Å²) in [5.74, 6) is -0.0218. The van der Waals surface area contributed by atoms with E-state index < -0.39 is 0 Å². The van der Waals surface area contributed by atoms with Gasteiger partial charge in [-0.2, -0.15) is 0 Å². The van der Waals surface area contributed by atoms with Crippen LogP contribution in [0.25, 0.3) is 22.6 Å². The number of nitrogens with one attached hydrogen (secondary N) is 2. The third-order valence-corrected chi connectivity index (χ3v) is 5.86. The van der Waals surface area contributed by atoms with Crippen LogP contribution in [0.4, 0.5) is 5.69 Å². The summed E-state index contributed by atoms with van der Waals surface area (Å²) in [6.07, 6.45) is 7.38. The van der Waals surface area contributed by atoms with Gasteiger partial charge in [0.05, 0.1) is 6.54 Å². The number of ketones is 1. The van der Waals surface area contributed by atoms with Crippen molar-refractivity contribution in [2.24, 2.45) is 0 Å². The molecule has 2 aliphatic rings. The fraction of sp³-hybridized carbons (Fsp3) is 0.250. The first kappa shape index (κ1) is 17.9. The quantitative estimate of drug-likeness (QED) is 0.519. The first-order valence-corrected chi connectivity index (χ1v) is 10.2. The Morgan fingerprint density at radius 1 is 1.07 bits per heavy atom. The average Bonchev–Trinajstić information content (AvgIpc) is 3.29. The van der Waals surface area contributed by atoms with Crippen LogP contribution in [0.15, 0.2) is 48.7 Å². The maximum Gasteiger partial charge on any atom is 0.256 e. The van der Waals surface area contributed by atoms with Crippen molar-refractivity contribution < 1.29 is 9.59 Å². The molecule has 0 bridgehead atoms. The zero-order valence-electron chi connectivity index (χ0n) is 16.2. The molecule has 5 heteroatoms. The number of para-hydroxylation sites is 1. The molecule has 2 aromatic carbocycles. The molecule has 1 amide bonds. The van der Waals surface area contributed by atoms with Gasteiger partial charge in [-0.25, -0.2) is 0 Å². The van der Waals surface area contributed by atoms with Crippen LogP contribution in [0.5, 0.6) is 0 Å². The number of hydrogen-bond acceptors (Lipinski definition) is 3. The number of benzene rings is 2. The van der Waals surface area contributed by atoms with E-state index in [0.717, 1.165) is 53.6 Å². The highest BCUT2D eigenvalue weighted by Crippen LogP contribution is 2.35. The van der Waals surface area contributed by atoms with Crippen LogP contribution in [-0.4, -0.2) is 41.2 Å². The van der Waals surface area contributed by atoms with Gasteiger partial charge in [0, 0.05) is 45.1 Å². The van der Waals surface area contributed by atoms with Crippen molar-refractivity contribution in [2.45, 2.75) is 19.3 Å². The lowest BCUT2D eigenvalue weighted by atomic mass is 9.99. The zero-order chi connectivity index (χ0) is 19.8. The molecule has 1 saturated heterocycles. The second kappa shape index (κ2) is 7.33. The normalized spacial score (nSPS) is 18.2. The van der Waals surface area contributed by atoms with Crippen LogP contribution < -0.4 is 5.32 Å². The van der Waals surface area contributed by atoms with E-state index >= 15 is 0 Å². The SMILES string of the molecule is O=C1Nc2ccc(C(=O)CN3CCCCC3)cc2C1=Cc1c[nH]c2ccccc12.